The Morgan fingerprint density at radius 3 is 2.20 bits per heavy atom. The molecule has 5 heteroatoms. The first-order valence-corrected chi connectivity index (χ1v) is 10.2. The highest BCUT2D eigenvalue weighted by atomic mass is 16.2. The third-order valence-electron chi connectivity index (χ3n) is 4.36. The second-order valence-corrected chi connectivity index (χ2v) is 6.98. The number of hydrogen-bond acceptors (Lipinski definition) is 4. The van der Waals surface area contributed by atoms with Crippen molar-refractivity contribution in [1.82, 2.24) is 15.5 Å². The Labute approximate surface area is 158 Å². The molecule has 0 aromatic rings. The largest absolute Gasteiger partial charge is 0.343 e. The number of nitrogens with zero attached hydrogens (tertiary/aromatic N) is 1. The number of rotatable bonds is 11. The molecule has 1 amide bonds. The van der Waals surface area contributed by atoms with Crippen molar-refractivity contribution < 1.29 is 12.4 Å². The summed E-state index contributed by atoms with van der Waals surface area (Å²) >= 11 is 0. The van der Waals surface area contributed by atoms with Crippen molar-refractivity contribution in [1.29, 1.82) is 0 Å². The molecule has 1 aliphatic rings. The fourth-order valence-electron chi connectivity index (χ4n) is 2.93. The van der Waals surface area contributed by atoms with Gasteiger partial charge in [0.1, 0.15) is 5.78 Å². The number of carbonyl (C=O) groups is 2. The highest BCUT2D eigenvalue weighted by Crippen LogP contribution is 2.13. The zero-order valence-corrected chi connectivity index (χ0v) is 17.2. The van der Waals surface area contributed by atoms with Gasteiger partial charge in [0.05, 0.1) is 0 Å². The SMILES string of the molecule is CC.CC(=O)CCCCC(=O)N1CCC(NCCCNC(C)C)CC1.[HH].[HH]. The first kappa shape index (κ1) is 24.1. The van der Waals surface area contributed by atoms with Crippen molar-refractivity contribution in [2.24, 2.45) is 0 Å². The first-order chi connectivity index (χ1) is 12.0. The van der Waals surface area contributed by atoms with E-state index in [0.717, 1.165) is 58.3 Å². The van der Waals surface area contributed by atoms with Gasteiger partial charge in [-0.25, -0.2) is 0 Å². The molecular weight excluding hydrogens is 314 g/mol. The van der Waals surface area contributed by atoms with E-state index in [1.54, 1.807) is 6.92 Å². The summed E-state index contributed by atoms with van der Waals surface area (Å²) in [5.41, 5.74) is 0. The number of likely N-dealkylation sites (tertiary alicyclic amines) is 1. The van der Waals surface area contributed by atoms with Crippen LogP contribution in [0.2, 0.25) is 0 Å². The maximum atomic E-state index is 12.1. The predicted octanol–water partition coefficient (Wildman–Crippen LogP) is 3.62. The van der Waals surface area contributed by atoms with E-state index in [9.17, 15) is 9.59 Å². The molecule has 1 rings (SSSR count). The van der Waals surface area contributed by atoms with Gasteiger partial charge >= 0.3 is 0 Å². The standard InChI is InChI=1S/C18H35N3O2.C2H6.2H2/c1-15(2)19-11-6-12-20-17-9-13-21(14-10-17)18(23)8-5-4-7-16(3)22;1-2;;/h15,17,19-20H,4-14H2,1-3H3;1-2H3;2*1H. The Balaban J connectivity index is -0.00000139. The molecule has 1 aliphatic heterocycles. The van der Waals surface area contributed by atoms with Gasteiger partial charge in [-0.3, -0.25) is 4.79 Å². The molecule has 152 valence electrons. The van der Waals surface area contributed by atoms with Gasteiger partial charge in [-0.05, 0) is 52.1 Å². The molecule has 0 aromatic heterocycles. The fraction of sp³-hybridized carbons (Fsp3) is 0.900. The van der Waals surface area contributed by atoms with Crippen LogP contribution in [0.25, 0.3) is 0 Å². The number of amides is 1. The van der Waals surface area contributed by atoms with Crippen molar-refractivity contribution >= 4 is 11.7 Å². The maximum Gasteiger partial charge on any atom is 0.222 e. The van der Waals surface area contributed by atoms with Crippen LogP contribution < -0.4 is 10.6 Å². The van der Waals surface area contributed by atoms with E-state index in [1.165, 1.54) is 0 Å². The summed E-state index contributed by atoms with van der Waals surface area (Å²) in [7, 11) is 0. The van der Waals surface area contributed by atoms with E-state index in [1.807, 2.05) is 18.7 Å². The van der Waals surface area contributed by atoms with Crippen LogP contribution in [0.3, 0.4) is 0 Å². The molecule has 5 nitrogen and oxygen atoms in total. The number of piperidine rings is 1. The second kappa shape index (κ2) is 15.3. The Morgan fingerprint density at radius 1 is 1.04 bits per heavy atom. The Hall–Kier alpha value is -0.940. The van der Waals surface area contributed by atoms with Crippen molar-refractivity contribution in [2.75, 3.05) is 26.2 Å². The zero-order valence-electron chi connectivity index (χ0n) is 17.2. The normalized spacial score (nSPS) is 15.0. The van der Waals surface area contributed by atoms with Gasteiger partial charge in [-0.15, -0.1) is 0 Å². The van der Waals surface area contributed by atoms with Crippen molar-refractivity contribution in [3.05, 3.63) is 0 Å². The van der Waals surface area contributed by atoms with Crippen LogP contribution in [0, 0.1) is 0 Å². The number of hydrogen-bond donors (Lipinski definition) is 2. The summed E-state index contributed by atoms with van der Waals surface area (Å²) in [5.74, 6) is 0.473. The average molecular weight is 360 g/mol. The smallest absolute Gasteiger partial charge is 0.222 e. The van der Waals surface area contributed by atoms with Crippen molar-refractivity contribution in [2.45, 2.75) is 91.6 Å². The Kier molecular flexibility index (Phi) is 14.7. The van der Waals surface area contributed by atoms with Gasteiger partial charge in [0.25, 0.3) is 0 Å². The molecule has 0 aromatic carbocycles. The quantitative estimate of drug-likeness (QED) is 0.553. The zero-order chi connectivity index (χ0) is 19.1. The molecule has 1 heterocycles. The lowest BCUT2D eigenvalue weighted by Crippen LogP contribution is -2.45. The summed E-state index contributed by atoms with van der Waals surface area (Å²) in [6.07, 6.45) is 6.11. The predicted molar refractivity (Wildman–Crippen MR) is 110 cm³/mol. The number of unbranched alkanes of at least 4 members (excludes halogenated alkanes) is 1. The molecule has 0 saturated carbocycles. The van der Waals surface area contributed by atoms with Crippen LogP contribution >= 0.6 is 0 Å². The lowest BCUT2D eigenvalue weighted by molar-refractivity contribution is -0.132. The first-order valence-electron chi connectivity index (χ1n) is 10.2. The van der Waals surface area contributed by atoms with Crippen LogP contribution in [0.5, 0.6) is 0 Å². The summed E-state index contributed by atoms with van der Waals surface area (Å²) in [5, 5.41) is 7.03. The minimum Gasteiger partial charge on any atom is -0.343 e. The highest BCUT2D eigenvalue weighted by molar-refractivity contribution is 5.77. The van der Waals surface area contributed by atoms with Gasteiger partial charge < -0.3 is 20.3 Å². The molecule has 0 radical (unpaired) electrons. The molecule has 0 bridgehead atoms. The topological polar surface area (TPSA) is 61.4 Å². The summed E-state index contributed by atoms with van der Waals surface area (Å²) in [6.45, 7) is 13.8. The summed E-state index contributed by atoms with van der Waals surface area (Å²) < 4.78 is 0. The summed E-state index contributed by atoms with van der Waals surface area (Å²) in [6, 6.07) is 1.11. The molecule has 0 atom stereocenters. The monoisotopic (exact) mass is 359 g/mol. The van der Waals surface area contributed by atoms with Gasteiger partial charge in [0.2, 0.25) is 5.91 Å². The van der Waals surface area contributed by atoms with Crippen LogP contribution in [0.1, 0.15) is 82.4 Å². The lowest BCUT2D eigenvalue weighted by Gasteiger charge is -2.32. The Morgan fingerprint density at radius 2 is 1.64 bits per heavy atom. The van der Waals surface area contributed by atoms with E-state index in [-0.39, 0.29) is 14.5 Å². The van der Waals surface area contributed by atoms with Crippen LogP contribution in [0.4, 0.5) is 0 Å². The minimum atomic E-state index is 0. The van der Waals surface area contributed by atoms with E-state index in [0.29, 0.717) is 24.9 Å². The molecule has 2 N–H and O–H groups in total. The van der Waals surface area contributed by atoms with Gasteiger partial charge in [0, 0.05) is 40.9 Å². The van der Waals surface area contributed by atoms with Crippen LogP contribution in [0.15, 0.2) is 0 Å². The molecule has 1 fully saturated rings. The summed E-state index contributed by atoms with van der Waals surface area (Å²) in [4.78, 5) is 25.0. The number of ketones is 1. The van der Waals surface area contributed by atoms with E-state index >= 15 is 0 Å². The second-order valence-electron chi connectivity index (χ2n) is 6.98. The highest BCUT2D eigenvalue weighted by Gasteiger charge is 2.21. The third-order valence-corrected chi connectivity index (χ3v) is 4.36. The van der Waals surface area contributed by atoms with E-state index in [2.05, 4.69) is 24.5 Å². The van der Waals surface area contributed by atoms with Gasteiger partial charge in [-0.1, -0.05) is 27.7 Å². The molecule has 0 spiro atoms. The maximum absolute atomic E-state index is 12.1. The molecular formula is C20H45N3O2. The molecule has 0 unspecified atom stereocenters. The molecule has 1 saturated heterocycles. The van der Waals surface area contributed by atoms with Crippen LogP contribution in [-0.2, 0) is 9.59 Å². The number of nitrogens with one attached hydrogen (secondary N) is 2. The minimum absolute atomic E-state index is 0. The van der Waals surface area contributed by atoms with E-state index in [4.69, 9.17) is 0 Å². The van der Waals surface area contributed by atoms with Crippen molar-refractivity contribution in [3.8, 4) is 0 Å². The van der Waals surface area contributed by atoms with Gasteiger partial charge in [-0.2, -0.15) is 0 Å². The average Bonchev–Trinajstić information content (AvgIpc) is 2.60. The third kappa shape index (κ3) is 13.0. The lowest BCUT2D eigenvalue weighted by atomic mass is 10.0. The van der Waals surface area contributed by atoms with E-state index < -0.39 is 0 Å². The number of Topliss-reactive ketones (excluding diaryl/α,β-unsaturated/α-hetero) is 1. The molecule has 0 aliphatic carbocycles. The Bertz CT molecular complexity index is 361. The van der Waals surface area contributed by atoms with Gasteiger partial charge in [0.15, 0.2) is 0 Å². The molecule has 25 heavy (non-hydrogen) atoms. The number of carbonyl (C=O) groups excluding carboxylic acids is 2. The van der Waals surface area contributed by atoms with Crippen molar-refractivity contribution in [3.63, 3.8) is 0 Å². The fourth-order valence-corrected chi connectivity index (χ4v) is 2.93. The van der Waals surface area contributed by atoms with Crippen LogP contribution in [-0.4, -0.2) is 54.9 Å².